The van der Waals surface area contributed by atoms with Crippen molar-refractivity contribution in [3.8, 4) is 28.9 Å². The summed E-state index contributed by atoms with van der Waals surface area (Å²) < 4.78 is 31.1. The second-order valence-electron chi connectivity index (χ2n) is 5.31. The second-order valence-corrected chi connectivity index (χ2v) is 5.99. The third-order valence-electron chi connectivity index (χ3n) is 3.55. The molecular formula is C17H13N2O7S-. The quantitative estimate of drug-likeness (QED) is 0.474. The van der Waals surface area contributed by atoms with Crippen molar-refractivity contribution >= 4 is 22.9 Å². The van der Waals surface area contributed by atoms with E-state index < -0.39 is 29.0 Å². The number of para-hydroxylation sites is 1. The number of aromatic nitrogens is 1. The van der Waals surface area contributed by atoms with Gasteiger partial charge in [0.2, 0.25) is 0 Å². The zero-order chi connectivity index (χ0) is 19.6. The van der Waals surface area contributed by atoms with E-state index in [1.807, 2.05) is 0 Å². The molecule has 0 bridgehead atoms. The number of aromatic hydroxyl groups is 2. The van der Waals surface area contributed by atoms with E-state index in [2.05, 4.69) is 4.72 Å². The third-order valence-corrected chi connectivity index (χ3v) is 3.94. The summed E-state index contributed by atoms with van der Waals surface area (Å²) in [6, 6.07) is 12.9. The first kappa shape index (κ1) is 18.3. The number of aromatic carboxylic acids is 1. The van der Waals surface area contributed by atoms with Crippen molar-refractivity contribution in [1.29, 1.82) is 0 Å². The fourth-order valence-electron chi connectivity index (χ4n) is 2.44. The molecule has 0 aliphatic rings. The lowest BCUT2D eigenvalue weighted by Crippen LogP contribution is -2.09. The zero-order valence-electron chi connectivity index (χ0n) is 13.5. The molecule has 4 N–H and O–H groups in total. The molecule has 1 unspecified atom stereocenters. The van der Waals surface area contributed by atoms with Crippen LogP contribution in [0.3, 0.4) is 0 Å². The van der Waals surface area contributed by atoms with Crippen LogP contribution in [0.1, 0.15) is 10.4 Å². The van der Waals surface area contributed by atoms with Crippen LogP contribution in [0.5, 0.6) is 23.3 Å². The molecule has 3 rings (SSSR count). The second kappa shape index (κ2) is 7.40. The van der Waals surface area contributed by atoms with Gasteiger partial charge in [0.25, 0.3) is 0 Å². The molecule has 27 heavy (non-hydrogen) atoms. The molecule has 1 atom stereocenters. The number of hydrogen-bond donors (Lipinski definition) is 4. The van der Waals surface area contributed by atoms with Gasteiger partial charge in [-0.3, -0.25) is 4.21 Å². The van der Waals surface area contributed by atoms with Crippen LogP contribution in [0, 0.1) is 0 Å². The summed E-state index contributed by atoms with van der Waals surface area (Å²) in [7, 11) is 0. The van der Waals surface area contributed by atoms with Crippen LogP contribution in [-0.2, 0) is 11.3 Å². The lowest BCUT2D eigenvalue weighted by atomic mass is 10.1. The summed E-state index contributed by atoms with van der Waals surface area (Å²) in [6.45, 7) is 0. The van der Waals surface area contributed by atoms with Crippen LogP contribution in [-0.4, -0.2) is 34.6 Å². The Morgan fingerprint density at radius 2 is 1.70 bits per heavy atom. The Balaban J connectivity index is 2.28. The minimum atomic E-state index is -2.78. The predicted molar refractivity (Wildman–Crippen MR) is 95.1 cm³/mol. The van der Waals surface area contributed by atoms with Gasteiger partial charge in [0.1, 0.15) is 5.75 Å². The number of anilines is 1. The van der Waals surface area contributed by atoms with E-state index in [0.717, 1.165) is 16.7 Å². The average molecular weight is 389 g/mol. The van der Waals surface area contributed by atoms with E-state index in [9.17, 15) is 28.9 Å². The summed E-state index contributed by atoms with van der Waals surface area (Å²) >= 11 is -2.78. The Morgan fingerprint density at radius 1 is 1.07 bits per heavy atom. The van der Waals surface area contributed by atoms with Crippen LogP contribution in [0.15, 0.2) is 54.6 Å². The van der Waals surface area contributed by atoms with Gasteiger partial charge in [0.05, 0.1) is 16.9 Å². The van der Waals surface area contributed by atoms with Crippen LogP contribution < -0.4 is 9.46 Å². The molecule has 0 saturated carbocycles. The number of carbonyl (C=O) groups is 1. The maximum Gasteiger partial charge on any atom is 0.335 e. The minimum Gasteiger partial charge on any atom is -0.755 e. The lowest BCUT2D eigenvalue weighted by Gasteiger charge is -2.20. The molecular weight excluding hydrogens is 376 g/mol. The fourth-order valence-corrected chi connectivity index (χ4v) is 2.78. The van der Waals surface area contributed by atoms with E-state index in [-0.39, 0.29) is 22.7 Å². The van der Waals surface area contributed by atoms with E-state index in [0.29, 0.717) is 5.75 Å². The van der Waals surface area contributed by atoms with Crippen LogP contribution in [0.25, 0.3) is 5.69 Å². The van der Waals surface area contributed by atoms with E-state index in [1.165, 1.54) is 12.1 Å². The smallest absolute Gasteiger partial charge is 0.335 e. The molecule has 10 heteroatoms. The highest BCUT2D eigenvalue weighted by Gasteiger charge is 2.21. The molecule has 0 aliphatic carbocycles. The third kappa shape index (κ3) is 3.86. The molecule has 0 radical (unpaired) electrons. The monoisotopic (exact) mass is 389 g/mol. The molecule has 0 fully saturated rings. The largest absolute Gasteiger partial charge is 0.755 e. The first-order chi connectivity index (χ1) is 12.9. The van der Waals surface area contributed by atoms with Gasteiger partial charge in [-0.15, -0.1) is 0 Å². The lowest BCUT2D eigenvalue weighted by molar-refractivity contribution is 0.0696. The van der Waals surface area contributed by atoms with Crippen molar-refractivity contribution in [3.63, 3.8) is 0 Å². The number of ether oxygens (including phenoxy) is 1. The molecule has 9 nitrogen and oxygen atoms in total. The topological polar surface area (TPSA) is 144 Å². The van der Waals surface area contributed by atoms with Crippen molar-refractivity contribution in [2.24, 2.45) is 0 Å². The van der Waals surface area contributed by atoms with E-state index in [1.54, 1.807) is 30.3 Å². The highest BCUT2D eigenvalue weighted by Crippen LogP contribution is 2.41. The molecule has 0 amide bonds. The fraction of sp³-hybridized carbons (Fsp3) is 0. The van der Waals surface area contributed by atoms with Gasteiger partial charge >= 0.3 is 5.97 Å². The first-order valence-electron chi connectivity index (χ1n) is 7.47. The number of hydrogen-bond acceptors (Lipinski definition) is 6. The molecule has 1 heterocycles. The van der Waals surface area contributed by atoms with Crippen LogP contribution >= 0.6 is 0 Å². The summed E-state index contributed by atoms with van der Waals surface area (Å²) in [6.07, 6.45) is 0. The summed E-state index contributed by atoms with van der Waals surface area (Å²) in [5.74, 6) is -1.93. The normalized spacial score (nSPS) is 11.7. The predicted octanol–water partition coefficient (Wildman–Crippen LogP) is 2.58. The van der Waals surface area contributed by atoms with Gasteiger partial charge in [-0.25, -0.2) is 9.36 Å². The van der Waals surface area contributed by atoms with Gasteiger partial charge in [-0.1, -0.05) is 18.2 Å². The van der Waals surface area contributed by atoms with Crippen molar-refractivity contribution in [3.05, 3.63) is 60.2 Å². The van der Waals surface area contributed by atoms with Gasteiger partial charge in [-0.05, 0) is 24.3 Å². The Hall–Kier alpha value is -3.50. The van der Waals surface area contributed by atoms with Gasteiger partial charge in [-0.2, -0.15) is 0 Å². The summed E-state index contributed by atoms with van der Waals surface area (Å²) in [5.41, 5.74) is -0.549. The molecule has 0 spiro atoms. The number of nitrogens with one attached hydrogen (secondary N) is 1. The maximum atomic E-state index is 11.4. The SMILES string of the molecule is O=C(O)c1cc(NS(=O)[O-])c(Oc2ccccc2)c(-n2c(O)ccc2O)c1. The van der Waals surface area contributed by atoms with Crippen molar-refractivity contribution in [2.45, 2.75) is 0 Å². The highest BCUT2D eigenvalue weighted by atomic mass is 32.2. The Morgan fingerprint density at radius 3 is 2.26 bits per heavy atom. The Kier molecular flexibility index (Phi) is 5.01. The number of rotatable bonds is 6. The number of nitrogens with zero attached hydrogens (tertiary/aromatic N) is 1. The standard InChI is InChI=1S/C17H14N2O7S/c20-14-6-7-15(21)19(14)13-9-10(17(22)23)8-12(18-27(24)25)16(13)26-11-4-2-1-3-5-11/h1-9,18,20-21H,(H,22,23)(H,24,25)/p-1. The highest BCUT2D eigenvalue weighted by molar-refractivity contribution is 7.80. The Bertz CT molecular complexity index is 998. The average Bonchev–Trinajstić information content (AvgIpc) is 2.95. The molecule has 140 valence electrons. The van der Waals surface area contributed by atoms with Crippen LogP contribution in [0.4, 0.5) is 5.69 Å². The first-order valence-corrected chi connectivity index (χ1v) is 8.54. The molecule has 0 aliphatic heterocycles. The van der Waals surface area contributed by atoms with Crippen molar-refractivity contribution < 1.29 is 33.6 Å². The number of benzene rings is 2. The summed E-state index contributed by atoms with van der Waals surface area (Å²) in [5, 5.41) is 29.4. The molecule has 3 aromatic rings. The molecule has 0 saturated heterocycles. The van der Waals surface area contributed by atoms with E-state index in [4.69, 9.17) is 4.74 Å². The maximum absolute atomic E-state index is 11.4. The molecule has 1 aromatic heterocycles. The van der Waals surface area contributed by atoms with E-state index >= 15 is 0 Å². The van der Waals surface area contributed by atoms with Crippen molar-refractivity contribution in [1.82, 2.24) is 4.57 Å². The van der Waals surface area contributed by atoms with Crippen molar-refractivity contribution in [2.75, 3.05) is 4.72 Å². The molecule has 2 aromatic carbocycles. The van der Waals surface area contributed by atoms with Gasteiger partial charge in [0, 0.05) is 23.4 Å². The van der Waals surface area contributed by atoms with Crippen LogP contribution in [0.2, 0.25) is 0 Å². The summed E-state index contributed by atoms with van der Waals surface area (Å²) in [4.78, 5) is 11.4. The van der Waals surface area contributed by atoms with Gasteiger partial charge in [0.15, 0.2) is 17.5 Å². The number of carboxylic acids is 1. The minimum absolute atomic E-state index is 0.0771. The zero-order valence-corrected chi connectivity index (χ0v) is 14.3. The Labute approximate surface area is 155 Å². The number of carboxylic acid groups (broad SMARTS) is 1. The van der Waals surface area contributed by atoms with Gasteiger partial charge < -0.3 is 29.3 Å².